The van der Waals surface area contributed by atoms with E-state index in [1.165, 1.54) is 12.3 Å². The number of hydrogen-bond acceptors (Lipinski definition) is 2. The van der Waals surface area contributed by atoms with Crippen LogP contribution < -0.4 is 5.32 Å². The summed E-state index contributed by atoms with van der Waals surface area (Å²) in [7, 11) is 0. The number of anilines is 1. The molecule has 0 unspecified atom stereocenters. The minimum absolute atomic E-state index is 0.211. The SMILES string of the molecule is CC(C)(C)Nc1ccn(CC(F)(F)F)n1. The molecule has 0 aliphatic carbocycles. The Balaban J connectivity index is 2.65. The highest BCUT2D eigenvalue weighted by Gasteiger charge is 2.28. The van der Waals surface area contributed by atoms with Crippen LogP contribution in [0.3, 0.4) is 0 Å². The van der Waals surface area contributed by atoms with E-state index in [9.17, 15) is 13.2 Å². The van der Waals surface area contributed by atoms with Crippen molar-refractivity contribution < 1.29 is 13.2 Å². The van der Waals surface area contributed by atoms with Gasteiger partial charge in [-0.2, -0.15) is 18.3 Å². The second kappa shape index (κ2) is 3.75. The van der Waals surface area contributed by atoms with E-state index in [2.05, 4.69) is 10.4 Å². The van der Waals surface area contributed by atoms with Crippen molar-refractivity contribution in [2.45, 2.75) is 39.0 Å². The van der Waals surface area contributed by atoms with Crippen molar-refractivity contribution >= 4 is 5.82 Å². The molecule has 1 aromatic rings. The number of aromatic nitrogens is 2. The molecule has 1 heterocycles. The smallest absolute Gasteiger partial charge is 0.364 e. The van der Waals surface area contributed by atoms with Gasteiger partial charge in [-0.3, -0.25) is 4.68 Å². The number of hydrogen-bond donors (Lipinski definition) is 1. The van der Waals surface area contributed by atoms with Gasteiger partial charge in [0.2, 0.25) is 0 Å². The number of nitrogens with one attached hydrogen (secondary N) is 1. The largest absolute Gasteiger partial charge is 0.408 e. The van der Waals surface area contributed by atoms with Crippen molar-refractivity contribution in [2.75, 3.05) is 5.32 Å². The third-order valence-electron chi connectivity index (χ3n) is 1.49. The highest BCUT2D eigenvalue weighted by Crippen LogP contribution is 2.18. The quantitative estimate of drug-likeness (QED) is 0.832. The first kappa shape index (κ1) is 11.9. The van der Waals surface area contributed by atoms with E-state index >= 15 is 0 Å². The standard InChI is InChI=1S/C9H14F3N3/c1-8(2,3)13-7-4-5-15(14-7)6-9(10,11)12/h4-5H,6H2,1-3H3,(H,13,14). The lowest BCUT2D eigenvalue weighted by Gasteiger charge is -2.19. The van der Waals surface area contributed by atoms with Gasteiger partial charge in [-0.1, -0.05) is 0 Å². The van der Waals surface area contributed by atoms with Gasteiger partial charge in [0.1, 0.15) is 12.4 Å². The number of halogens is 3. The first-order chi connectivity index (χ1) is 6.66. The van der Waals surface area contributed by atoms with E-state index in [-0.39, 0.29) is 5.54 Å². The molecule has 0 saturated carbocycles. The molecule has 86 valence electrons. The normalized spacial score (nSPS) is 12.9. The Morgan fingerprint density at radius 2 is 1.93 bits per heavy atom. The van der Waals surface area contributed by atoms with Gasteiger partial charge in [0.05, 0.1) is 0 Å². The van der Waals surface area contributed by atoms with Crippen LogP contribution >= 0.6 is 0 Å². The zero-order valence-corrected chi connectivity index (χ0v) is 8.89. The van der Waals surface area contributed by atoms with Crippen molar-refractivity contribution in [1.29, 1.82) is 0 Å². The topological polar surface area (TPSA) is 29.9 Å². The van der Waals surface area contributed by atoms with Crippen molar-refractivity contribution in [1.82, 2.24) is 9.78 Å². The molecule has 0 aliphatic rings. The molecule has 0 bridgehead atoms. The molecule has 0 saturated heterocycles. The molecule has 6 heteroatoms. The third kappa shape index (κ3) is 4.71. The maximum Gasteiger partial charge on any atom is 0.408 e. The Morgan fingerprint density at radius 1 is 1.33 bits per heavy atom. The summed E-state index contributed by atoms with van der Waals surface area (Å²) < 4.78 is 36.9. The van der Waals surface area contributed by atoms with Crippen molar-refractivity contribution in [3.63, 3.8) is 0 Å². The number of alkyl halides is 3. The molecule has 15 heavy (non-hydrogen) atoms. The lowest BCUT2D eigenvalue weighted by atomic mass is 10.1. The second-order valence-electron chi connectivity index (χ2n) is 4.39. The van der Waals surface area contributed by atoms with Crippen LogP contribution in [0.25, 0.3) is 0 Å². The maximum absolute atomic E-state index is 12.0. The highest BCUT2D eigenvalue weighted by molar-refractivity contribution is 5.34. The molecule has 3 nitrogen and oxygen atoms in total. The molecular weight excluding hydrogens is 207 g/mol. The summed E-state index contributed by atoms with van der Waals surface area (Å²) in [5.74, 6) is 0.451. The van der Waals surface area contributed by atoms with Crippen molar-refractivity contribution in [3.05, 3.63) is 12.3 Å². The van der Waals surface area contributed by atoms with E-state index in [0.29, 0.717) is 5.82 Å². The van der Waals surface area contributed by atoms with Gasteiger partial charge in [0.25, 0.3) is 0 Å². The average molecular weight is 221 g/mol. The molecule has 0 aliphatic heterocycles. The molecule has 1 aromatic heterocycles. The fourth-order valence-electron chi connectivity index (χ4n) is 1.08. The molecule has 1 rings (SSSR count). The minimum atomic E-state index is -4.23. The van der Waals surface area contributed by atoms with Crippen molar-refractivity contribution in [3.8, 4) is 0 Å². The monoisotopic (exact) mass is 221 g/mol. The van der Waals surface area contributed by atoms with E-state index in [1.54, 1.807) is 0 Å². The fourth-order valence-corrected chi connectivity index (χ4v) is 1.08. The first-order valence-corrected chi connectivity index (χ1v) is 4.54. The third-order valence-corrected chi connectivity index (χ3v) is 1.49. The Bertz CT molecular complexity index is 292. The molecular formula is C9H14F3N3. The molecule has 0 aromatic carbocycles. The zero-order chi connectivity index (χ0) is 11.7. The van der Waals surface area contributed by atoms with Gasteiger partial charge in [0.15, 0.2) is 0 Å². The van der Waals surface area contributed by atoms with E-state index in [0.717, 1.165) is 4.68 Å². The lowest BCUT2D eigenvalue weighted by molar-refractivity contribution is -0.142. The summed E-state index contributed by atoms with van der Waals surface area (Å²) in [6.07, 6.45) is -2.92. The van der Waals surface area contributed by atoms with Gasteiger partial charge in [-0.05, 0) is 20.8 Å². The summed E-state index contributed by atoms with van der Waals surface area (Å²) in [6, 6.07) is 1.52. The molecule has 0 fully saturated rings. The number of rotatable bonds is 2. The molecule has 1 N–H and O–H groups in total. The van der Waals surface area contributed by atoms with Crippen LogP contribution in [0.15, 0.2) is 12.3 Å². The predicted molar refractivity (Wildman–Crippen MR) is 51.7 cm³/mol. The maximum atomic E-state index is 12.0. The van der Waals surface area contributed by atoms with Gasteiger partial charge < -0.3 is 5.32 Å². The molecule has 0 amide bonds. The van der Waals surface area contributed by atoms with Gasteiger partial charge in [-0.25, -0.2) is 0 Å². The zero-order valence-electron chi connectivity index (χ0n) is 8.89. The van der Waals surface area contributed by atoms with Crippen LogP contribution in [0, 0.1) is 0 Å². The van der Waals surface area contributed by atoms with Crippen LogP contribution in [0.2, 0.25) is 0 Å². The molecule has 0 radical (unpaired) electrons. The highest BCUT2D eigenvalue weighted by atomic mass is 19.4. The molecule has 0 atom stereocenters. The first-order valence-electron chi connectivity index (χ1n) is 4.54. The van der Waals surface area contributed by atoms with E-state index in [4.69, 9.17) is 0 Å². The predicted octanol–water partition coefficient (Wildman–Crippen LogP) is 2.66. The molecule has 0 spiro atoms. The Hall–Kier alpha value is -1.20. The second-order valence-corrected chi connectivity index (χ2v) is 4.39. The van der Waals surface area contributed by atoms with Crippen LogP contribution in [0.4, 0.5) is 19.0 Å². The van der Waals surface area contributed by atoms with Crippen LogP contribution in [-0.2, 0) is 6.54 Å². The Labute approximate surface area is 86.3 Å². The minimum Gasteiger partial charge on any atom is -0.364 e. The van der Waals surface area contributed by atoms with Crippen molar-refractivity contribution in [2.24, 2.45) is 0 Å². The van der Waals surface area contributed by atoms with E-state index < -0.39 is 12.7 Å². The Morgan fingerprint density at radius 3 is 2.40 bits per heavy atom. The fraction of sp³-hybridized carbons (Fsp3) is 0.667. The summed E-state index contributed by atoms with van der Waals surface area (Å²) in [4.78, 5) is 0. The van der Waals surface area contributed by atoms with Gasteiger partial charge in [-0.15, -0.1) is 0 Å². The van der Waals surface area contributed by atoms with E-state index in [1.807, 2.05) is 20.8 Å². The summed E-state index contributed by atoms with van der Waals surface area (Å²) in [6.45, 7) is 4.68. The number of nitrogens with zero attached hydrogens (tertiary/aromatic N) is 2. The van der Waals surface area contributed by atoms with Crippen LogP contribution in [0.1, 0.15) is 20.8 Å². The van der Waals surface area contributed by atoms with Crippen LogP contribution in [-0.4, -0.2) is 21.5 Å². The van der Waals surface area contributed by atoms with Gasteiger partial charge >= 0.3 is 6.18 Å². The van der Waals surface area contributed by atoms with Crippen LogP contribution in [0.5, 0.6) is 0 Å². The Kier molecular flexibility index (Phi) is 2.97. The summed E-state index contributed by atoms with van der Waals surface area (Å²) in [5, 5.41) is 6.75. The average Bonchev–Trinajstić information content (AvgIpc) is 2.28. The van der Waals surface area contributed by atoms with Gasteiger partial charge in [0, 0.05) is 17.8 Å². The summed E-state index contributed by atoms with van der Waals surface area (Å²) in [5.41, 5.74) is -0.211. The lowest BCUT2D eigenvalue weighted by Crippen LogP contribution is -2.26. The summed E-state index contributed by atoms with van der Waals surface area (Å²) >= 11 is 0.